The third kappa shape index (κ3) is 4.74. The zero-order valence-corrected chi connectivity index (χ0v) is 15.7. The largest absolute Gasteiger partial charge is 0.392 e. The first-order chi connectivity index (χ1) is 10.5. The van der Waals surface area contributed by atoms with Crippen molar-refractivity contribution in [2.24, 2.45) is 5.92 Å². The van der Waals surface area contributed by atoms with Gasteiger partial charge >= 0.3 is 0 Å². The van der Waals surface area contributed by atoms with Crippen LogP contribution in [0.5, 0.6) is 0 Å². The van der Waals surface area contributed by atoms with E-state index in [1.54, 1.807) is 11.0 Å². The van der Waals surface area contributed by atoms with Crippen LogP contribution in [-0.4, -0.2) is 53.4 Å². The Morgan fingerprint density at radius 2 is 2.23 bits per heavy atom. The molecule has 1 saturated carbocycles. The van der Waals surface area contributed by atoms with Gasteiger partial charge in [0, 0.05) is 10.7 Å². The predicted octanol–water partition coefficient (Wildman–Crippen LogP) is 2.25. The van der Waals surface area contributed by atoms with Crippen LogP contribution in [0.3, 0.4) is 0 Å². The molecule has 1 aromatic rings. The molecule has 126 valence electrons. The van der Waals surface area contributed by atoms with Crippen LogP contribution in [0.1, 0.15) is 38.8 Å². The highest BCUT2D eigenvalue weighted by molar-refractivity contribution is 9.09. The van der Waals surface area contributed by atoms with Gasteiger partial charge in [-0.1, -0.05) is 38.8 Å². The average molecular weight is 441 g/mol. The van der Waals surface area contributed by atoms with Gasteiger partial charge in [0.25, 0.3) is 0 Å². The Morgan fingerprint density at radius 3 is 2.82 bits per heavy atom. The van der Waals surface area contributed by atoms with Crippen LogP contribution < -0.4 is 0 Å². The smallest absolute Gasteiger partial charge is 0.154 e. The zero-order chi connectivity index (χ0) is 16.1. The lowest BCUT2D eigenvalue weighted by Crippen LogP contribution is -2.36. The van der Waals surface area contributed by atoms with Crippen LogP contribution in [0.4, 0.5) is 0 Å². The summed E-state index contributed by atoms with van der Waals surface area (Å²) in [5.74, 6) is 0.243. The molecule has 1 aliphatic carbocycles. The van der Waals surface area contributed by atoms with Crippen molar-refractivity contribution >= 4 is 31.9 Å². The second kappa shape index (κ2) is 8.73. The molecular weight excluding hydrogens is 418 g/mol. The molecule has 6 nitrogen and oxygen atoms in total. The number of aliphatic hydroxyl groups excluding tert-OH is 2. The first kappa shape index (κ1) is 18.3. The van der Waals surface area contributed by atoms with Gasteiger partial charge in [-0.15, -0.1) is 0 Å². The summed E-state index contributed by atoms with van der Waals surface area (Å²) in [5, 5.41) is 23.9. The van der Waals surface area contributed by atoms with Crippen LogP contribution in [0.15, 0.2) is 12.7 Å². The van der Waals surface area contributed by atoms with E-state index in [2.05, 4.69) is 41.9 Å². The third-order valence-corrected chi connectivity index (χ3v) is 6.00. The number of aliphatic hydroxyl groups is 2. The molecule has 6 atom stereocenters. The minimum Gasteiger partial charge on any atom is -0.392 e. The first-order valence-electron chi connectivity index (χ1n) is 7.62. The van der Waals surface area contributed by atoms with Gasteiger partial charge in [0.2, 0.25) is 0 Å². The van der Waals surface area contributed by atoms with E-state index in [0.29, 0.717) is 13.0 Å². The van der Waals surface area contributed by atoms with Gasteiger partial charge < -0.3 is 14.9 Å². The number of alkyl halides is 2. The summed E-state index contributed by atoms with van der Waals surface area (Å²) >= 11 is 7.01. The molecule has 0 radical (unpaired) electrons. The van der Waals surface area contributed by atoms with E-state index in [1.807, 2.05) is 6.92 Å². The normalized spacial score (nSPS) is 30.0. The fourth-order valence-electron chi connectivity index (χ4n) is 2.72. The van der Waals surface area contributed by atoms with E-state index in [1.165, 1.54) is 6.33 Å². The molecule has 1 heterocycles. The standard InChI is InChI=1S/C14H23Br2N3O3/c1-2-12(20)11(16)6-22-14(19-8-17-7-18-19)9-3-4-13(21)10(15)5-9/h7-14,20-21H,2-6H2,1H3. The van der Waals surface area contributed by atoms with Crippen molar-refractivity contribution in [3.63, 3.8) is 0 Å². The van der Waals surface area contributed by atoms with E-state index in [-0.39, 0.29) is 27.9 Å². The van der Waals surface area contributed by atoms with Crippen LogP contribution in [-0.2, 0) is 4.74 Å². The molecule has 1 aromatic heterocycles. The van der Waals surface area contributed by atoms with Crippen molar-refractivity contribution in [3.05, 3.63) is 12.7 Å². The summed E-state index contributed by atoms with van der Waals surface area (Å²) in [7, 11) is 0. The zero-order valence-electron chi connectivity index (χ0n) is 12.6. The number of hydrogen-bond acceptors (Lipinski definition) is 5. The quantitative estimate of drug-likeness (QED) is 0.635. The molecule has 2 N–H and O–H groups in total. The van der Waals surface area contributed by atoms with Crippen molar-refractivity contribution in [2.45, 2.75) is 60.7 Å². The number of hydrogen-bond donors (Lipinski definition) is 2. The number of rotatable bonds is 7. The van der Waals surface area contributed by atoms with Crippen LogP contribution in [0.25, 0.3) is 0 Å². The summed E-state index contributed by atoms with van der Waals surface area (Å²) in [6.07, 6.45) is 5.26. The Hall–Kier alpha value is -0.0200. The van der Waals surface area contributed by atoms with Crippen LogP contribution >= 0.6 is 31.9 Å². The van der Waals surface area contributed by atoms with Crippen molar-refractivity contribution in [1.29, 1.82) is 0 Å². The number of aromatic nitrogens is 3. The molecule has 1 aliphatic rings. The van der Waals surface area contributed by atoms with E-state index >= 15 is 0 Å². The minimum absolute atomic E-state index is 0.0712. The van der Waals surface area contributed by atoms with Crippen molar-refractivity contribution in [3.8, 4) is 0 Å². The lowest BCUT2D eigenvalue weighted by atomic mass is 9.86. The van der Waals surface area contributed by atoms with Gasteiger partial charge in [-0.2, -0.15) is 5.10 Å². The maximum Gasteiger partial charge on any atom is 0.154 e. The number of halogens is 2. The minimum atomic E-state index is -0.437. The Morgan fingerprint density at radius 1 is 1.45 bits per heavy atom. The van der Waals surface area contributed by atoms with E-state index in [0.717, 1.165) is 19.3 Å². The SMILES string of the molecule is CCC(O)C(Br)COC(C1CCC(O)C(Br)C1)n1cncn1. The van der Waals surface area contributed by atoms with Gasteiger partial charge in [0.1, 0.15) is 12.7 Å². The number of nitrogens with zero attached hydrogens (tertiary/aromatic N) is 3. The molecular formula is C14H23Br2N3O3. The highest BCUT2D eigenvalue weighted by Crippen LogP contribution is 2.36. The number of ether oxygens (including phenoxy) is 1. The summed E-state index contributed by atoms with van der Waals surface area (Å²) in [5.41, 5.74) is 0. The Kier molecular flexibility index (Phi) is 7.27. The van der Waals surface area contributed by atoms with E-state index in [4.69, 9.17) is 4.74 Å². The topological polar surface area (TPSA) is 80.4 Å². The van der Waals surface area contributed by atoms with E-state index in [9.17, 15) is 10.2 Å². The van der Waals surface area contributed by atoms with Gasteiger partial charge in [0.05, 0.1) is 23.6 Å². The molecule has 6 unspecified atom stereocenters. The second-order valence-electron chi connectivity index (χ2n) is 5.75. The molecule has 0 bridgehead atoms. The maximum absolute atomic E-state index is 9.87. The van der Waals surface area contributed by atoms with Crippen LogP contribution in [0.2, 0.25) is 0 Å². The van der Waals surface area contributed by atoms with Crippen LogP contribution in [0, 0.1) is 5.92 Å². The second-order valence-corrected chi connectivity index (χ2v) is 8.10. The summed E-state index contributed by atoms with van der Waals surface area (Å²) in [6, 6.07) is 0. The Balaban J connectivity index is 2.01. The third-order valence-electron chi connectivity index (χ3n) is 4.14. The molecule has 1 fully saturated rings. The lowest BCUT2D eigenvalue weighted by Gasteiger charge is -2.35. The summed E-state index contributed by atoms with van der Waals surface area (Å²) < 4.78 is 7.77. The average Bonchev–Trinajstić information content (AvgIpc) is 3.04. The molecule has 2 rings (SSSR count). The lowest BCUT2D eigenvalue weighted by molar-refractivity contribution is -0.0703. The van der Waals surface area contributed by atoms with Gasteiger partial charge in [0.15, 0.2) is 6.23 Å². The molecule has 22 heavy (non-hydrogen) atoms. The highest BCUT2D eigenvalue weighted by atomic mass is 79.9. The molecule has 0 amide bonds. The molecule has 0 saturated heterocycles. The fourth-order valence-corrected chi connectivity index (χ4v) is 3.99. The Bertz CT molecular complexity index is 435. The molecule has 0 aliphatic heterocycles. The fraction of sp³-hybridized carbons (Fsp3) is 0.857. The first-order valence-corrected chi connectivity index (χ1v) is 9.46. The van der Waals surface area contributed by atoms with E-state index < -0.39 is 6.10 Å². The van der Waals surface area contributed by atoms with Gasteiger partial charge in [-0.25, -0.2) is 9.67 Å². The van der Waals surface area contributed by atoms with Gasteiger partial charge in [-0.3, -0.25) is 0 Å². The maximum atomic E-state index is 9.87. The predicted molar refractivity (Wildman–Crippen MR) is 90.1 cm³/mol. The van der Waals surface area contributed by atoms with Crippen molar-refractivity contribution in [1.82, 2.24) is 14.8 Å². The Labute approximate surface area is 147 Å². The van der Waals surface area contributed by atoms with Crippen molar-refractivity contribution < 1.29 is 14.9 Å². The molecule has 0 spiro atoms. The highest BCUT2D eigenvalue weighted by Gasteiger charge is 2.34. The van der Waals surface area contributed by atoms with Gasteiger partial charge in [-0.05, 0) is 25.7 Å². The van der Waals surface area contributed by atoms with Crippen molar-refractivity contribution in [2.75, 3.05) is 6.61 Å². The summed E-state index contributed by atoms with van der Waals surface area (Å²) in [6.45, 7) is 2.33. The molecule has 8 heteroatoms. The monoisotopic (exact) mass is 439 g/mol. The summed E-state index contributed by atoms with van der Waals surface area (Å²) in [4.78, 5) is 3.96. The molecule has 0 aromatic carbocycles.